The molecule has 0 aliphatic heterocycles. The smallest absolute Gasteiger partial charge is 0.332 e. The average molecular weight is 220 g/mol. The molecule has 5 nitrogen and oxygen atoms in total. The Morgan fingerprint density at radius 1 is 1.56 bits per heavy atom. The molecule has 16 heavy (non-hydrogen) atoms. The zero-order chi connectivity index (χ0) is 11.5. The van der Waals surface area contributed by atoms with Crippen molar-refractivity contribution in [3.63, 3.8) is 0 Å². The zero-order valence-corrected chi connectivity index (χ0v) is 8.20. The number of hydrogen-bond acceptors (Lipinski definition) is 2. The van der Waals surface area contributed by atoms with Gasteiger partial charge in [0.05, 0.1) is 11.7 Å². The number of nitrogens with two attached hydrogens (primary N) is 1. The second-order valence-electron chi connectivity index (χ2n) is 3.17. The highest BCUT2D eigenvalue weighted by atomic mass is 19.1. The first-order valence-corrected chi connectivity index (χ1v) is 4.52. The van der Waals surface area contributed by atoms with Gasteiger partial charge >= 0.3 is 6.03 Å². The van der Waals surface area contributed by atoms with Crippen LogP contribution in [0.25, 0.3) is 10.9 Å². The summed E-state index contributed by atoms with van der Waals surface area (Å²) >= 11 is 0. The molecule has 0 unspecified atom stereocenters. The fourth-order valence-corrected chi connectivity index (χ4v) is 1.43. The number of H-pyrrole nitrogens is 1. The van der Waals surface area contributed by atoms with Crippen LogP contribution in [-0.4, -0.2) is 17.2 Å². The van der Waals surface area contributed by atoms with Gasteiger partial charge in [0.15, 0.2) is 0 Å². The molecule has 0 radical (unpaired) electrons. The normalized spacial score (nSPS) is 11.1. The summed E-state index contributed by atoms with van der Waals surface area (Å²) in [7, 11) is 0. The summed E-state index contributed by atoms with van der Waals surface area (Å²) < 4.78 is 13.2. The molecule has 0 aliphatic rings. The van der Waals surface area contributed by atoms with E-state index < -0.39 is 6.03 Å². The van der Waals surface area contributed by atoms with E-state index in [1.807, 2.05) is 5.43 Å². The van der Waals surface area contributed by atoms with Crippen LogP contribution in [0.4, 0.5) is 9.18 Å². The van der Waals surface area contributed by atoms with E-state index in [1.165, 1.54) is 18.3 Å². The van der Waals surface area contributed by atoms with Crippen LogP contribution in [0.15, 0.2) is 29.5 Å². The summed E-state index contributed by atoms with van der Waals surface area (Å²) in [6, 6.07) is 3.70. The van der Waals surface area contributed by atoms with Crippen LogP contribution in [0.2, 0.25) is 0 Å². The largest absolute Gasteiger partial charge is 0.361 e. The van der Waals surface area contributed by atoms with E-state index in [-0.39, 0.29) is 5.82 Å². The van der Waals surface area contributed by atoms with Crippen LogP contribution in [0.3, 0.4) is 0 Å². The number of carbonyl (C=O) groups is 1. The molecule has 1 aromatic heterocycles. The number of aromatic amines is 1. The van der Waals surface area contributed by atoms with Crippen molar-refractivity contribution < 1.29 is 9.18 Å². The Balaban J connectivity index is 2.39. The zero-order valence-electron chi connectivity index (χ0n) is 8.20. The van der Waals surface area contributed by atoms with Gasteiger partial charge in [-0.15, -0.1) is 0 Å². The summed E-state index contributed by atoms with van der Waals surface area (Å²) in [4.78, 5) is 13.3. The van der Waals surface area contributed by atoms with Crippen molar-refractivity contribution in [3.8, 4) is 0 Å². The monoisotopic (exact) mass is 220 g/mol. The summed E-state index contributed by atoms with van der Waals surface area (Å²) in [6.45, 7) is 0. The van der Waals surface area contributed by atoms with Crippen LogP contribution in [0.1, 0.15) is 5.56 Å². The third kappa shape index (κ3) is 2.00. The van der Waals surface area contributed by atoms with Crippen molar-refractivity contribution in [2.75, 3.05) is 0 Å². The quantitative estimate of drug-likeness (QED) is 0.517. The summed E-state index contributed by atoms with van der Waals surface area (Å²) in [5.74, 6) is -0.368. The number of primary amides is 1. The standard InChI is InChI=1S/C10H9FN4O/c11-8-3-6-1-2-13-9(6)7(4-8)5-14-15-10(12)16/h1-5,13H,(H3,12,15,16). The van der Waals surface area contributed by atoms with Gasteiger partial charge in [-0.05, 0) is 18.2 Å². The van der Waals surface area contributed by atoms with E-state index in [0.717, 1.165) is 10.9 Å². The highest BCUT2D eigenvalue weighted by Gasteiger charge is 2.03. The second kappa shape index (κ2) is 4.01. The molecule has 0 saturated carbocycles. The molecule has 0 fully saturated rings. The van der Waals surface area contributed by atoms with Crippen LogP contribution < -0.4 is 11.2 Å². The molecule has 0 saturated heterocycles. The Morgan fingerprint density at radius 2 is 2.38 bits per heavy atom. The van der Waals surface area contributed by atoms with Crippen LogP contribution in [0.5, 0.6) is 0 Å². The maximum atomic E-state index is 13.2. The van der Waals surface area contributed by atoms with Crippen molar-refractivity contribution >= 4 is 23.1 Å². The van der Waals surface area contributed by atoms with Crippen LogP contribution in [0, 0.1) is 5.82 Å². The molecule has 82 valence electrons. The Morgan fingerprint density at radius 3 is 3.12 bits per heavy atom. The number of halogens is 1. The highest BCUT2D eigenvalue weighted by molar-refractivity contribution is 5.98. The lowest BCUT2D eigenvalue weighted by Gasteiger charge is -1.97. The predicted octanol–water partition coefficient (Wildman–Crippen LogP) is 1.31. The third-order valence-electron chi connectivity index (χ3n) is 2.03. The SMILES string of the molecule is NC(=O)NN=Cc1cc(F)cc2cc[nH]c12. The van der Waals surface area contributed by atoms with Gasteiger partial charge in [-0.1, -0.05) is 0 Å². The van der Waals surface area contributed by atoms with E-state index in [1.54, 1.807) is 12.3 Å². The van der Waals surface area contributed by atoms with Gasteiger partial charge < -0.3 is 10.7 Å². The Hall–Kier alpha value is -2.37. The van der Waals surface area contributed by atoms with Crippen molar-refractivity contribution in [3.05, 3.63) is 35.8 Å². The number of fused-ring (bicyclic) bond motifs is 1. The number of amides is 2. The maximum Gasteiger partial charge on any atom is 0.332 e. The molecule has 0 bridgehead atoms. The number of carbonyl (C=O) groups excluding carboxylic acids is 1. The number of benzene rings is 1. The van der Waals surface area contributed by atoms with Gasteiger partial charge in [0.1, 0.15) is 5.82 Å². The molecule has 2 rings (SSSR count). The summed E-state index contributed by atoms with van der Waals surface area (Å²) in [5, 5.41) is 4.31. The van der Waals surface area contributed by atoms with Crippen molar-refractivity contribution in [2.24, 2.45) is 10.8 Å². The molecule has 2 amide bonds. The third-order valence-corrected chi connectivity index (χ3v) is 2.03. The van der Waals surface area contributed by atoms with Gasteiger partial charge in [0.25, 0.3) is 0 Å². The Kier molecular flexibility index (Phi) is 2.55. The van der Waals surface area contributed by atoms with Gasteiger partial charge in [-0.2, -0.15) is 5.10 Å². The highest BCUT2D eigenvalue weighted by Crippen LogP contribution is 2.17. The first kappa shape index (κ1) is 10.2. The lowest BCUT2D eigenvalue weighted by Crippen LogP contribution is -2.24. The summed E-state index contributed by atoms with van der Waals surface area (Å²) in [5.41, 5.74) is 8.16. The van der Waals surface area contributed by atoms with Crippen molar-refractivity contribution in [2.45, 2.75) is 0 Å². The molecule has 4 N–H and O–H groups in total. The minimum absolute atomic E-state index is 0.368. The molecule has 0 aliphatic carbocycles. The van der Waals surface area contributed by atoms with E-state index in [0.29, 0.717) is 5.56 Å². The van der Waals surface area contributed by atoms with Crippen LogP contribution >= 0.6 is 0 Å². The molecule has 0 atom stereocenters. The first-order chi connectivity index (χ1) is 7.66. The number of rotatable bonds is 2. The van der Waals surface area contributed by atoms with Crippen LogP contribution in [-0.2, 0) is 0 Å². The lowest BCUT2D eigenvalue weighted by molar-refractivity contribution is 0.249. The first-order valence-electron chi connectivity index (χ1n) is 4.52. The fourth-order valence-electron chi connectivity index (χ4n) is 1.43. The Bertz CT molecular complexity index is 561. The van der Waals surface area contributed by atoms with Crippen molar-refractivity contribution in [1.82, 2.24) is 10.4 Å². The van der Waals surface area contributed by atoms with E-state index in [4.69, 9.17) is 5.73 Å². The number of nitrogens with zero attached hydrogens (tertiary/aromatic N) is 1. The number of aromatic nitrogens is 1. The average Bonchev–Trinajstić information content (AvgIpc) is 2.64. The predicted molar refractivity (Wildman–Crippen MR) is 58.6 cm³/mol. The molecular formula is C10H9FN4O. The Labute approximate surface area is 90.1 Å². The maximum absolute atomic E-state index is 13.2. The van der Waals surface area contributed by atoms with Gasteiger partial charge in [-0.25, -0.2) is 14.6 Å². The van der Waals surface area contributed by atoms with Gasteiger partial charge in [0, 0.05) is 17.1 Å². The molecule has 0 spiro atoms. The number of urea groups is 1. The number of nitrogens with one attached hydrogen (secondary N) is 2. The van der Waals surface area contributed by atoms with Gasteiger partial charge in [0.2, 0.25) is 0 Å². The second-order valence-corrected chi connectivity index (χ2v) is 3.17. The molecular weight excluding hydrogens is 211 g/mol. The number of hydrogen-bond donors (Lipinski definition) is 3. The minimum atomic E-state index is -0.768. The molecule has 2 aromatic rings. The lowest BCUT2D eigenvalue weighted by atomic mass is 10.1. The fraction of sp³-hybridized carbons (Fsp3) is 0. The van der Waals surface area contributed by atoms with E-state index >= 15 is 0 Å². The molecule has 6 heteroatoms. The molecule has 1 heterocycles. The molecule has 1 aromatic carbocycles. The van der Waals surface area contributed by atoms with Crippen molar-refractivity contribution in [1.29, 1.82) is 0 Å². The minimum Gasteiger partial charge on any atom is -0.361 e. The van der Waals surface area contributed by atoms with E-state index in [2.05, 4.69) is 10.1 Å². The summed E-state index contributed by atoms with van der Waals surface area (Å²) in [6.07, 6.45) is 3.02. The van der Waals surface area contributed by atoms with Gasteiger partial charge in [-0.3, -0.25) is 0 Å². The topological polar surface area (TPSA) is 83.3 Å². The van der Waals surface area contributed by atoms with E-state index in [9.17, 15) is 9.18 Å². The number of hydrazone groups is 1.